The molecule has 0 spiro atoms. The van der Waals surface area contributed by atoms with Crippen molar-refractivity contribution in [2.75, 3.05) is 24.5 Å². The lowest BCUT2D eigenvalue weighted by Gasteiger charge is -2.40. The Labute approximate surface area is 185 Å². The van der Waals surface area contributed by atoms with Crippen LogP contribution in [0.25, 0.3) is 0 Å². The van der Waals surface area contributed by atoms with E-state index in [1.165, 1.54) is 18.5 Å². The molecule has 1 unspecified atom stereocenters. The predicted molar refractivity (Wildman–Crippen MR) is 117 cm³/mol. The minimum Gasteiger partial charge on any atom is -0.439 e. The summed E-state index contributed by atoms with van der Waals surface area (Å²) in [6.07, 6.45) is 1.44. The molecule has 0 N–H and O–H groups in total. The molecule has 2 heterocycles. The van der Waals surface area contributed by atoms with Gasteiger partial charge in [-0.2, -0.15) is 0 Å². The fourth-order valence-corrected chi connectivity index (χ4v) is 3.84. The lowest BCUT2D eigenvalue weighted by Crippen LogP contribution is -2.54. The summed E-state index contributed by atoms with van der Waals surface area (Å²) in [5, 5.41) is 0.544. The van der Waals surface area contributed by atoms with Gasteiger partial charge in [0.15, 0.2) is 0 Å². The van der Waals surface area contributed by atoms with Gasteiger partial charge in [-0.3, -0.25) is 4.79 Å². The highest BCUT2D eigenvalue weighted by Crippen LogP contribution is 2.27. The summed E-state index contributed by atoms with van der Waals surface area (Å²) >= 11 is 6.03. The first kappa shape index (κ1) is 21.1. The van der Waals surface area contributed by atoms with Crippen LogP contribution in [0.15, 0.2) is 54.9 Å². The molecule has 1 saturated heterocycles. The number of carbonyl (C=O) groups is 1. The molecule has 0 aliphatic carbocycles. The van der Waals surface area contributed by atoms with Gasteiger partial charge >= 0.3 is 0 Å². The van der Waals surface area contributed by atoms with Crippen molar-refractivity contribution in [3.63, 3.8) is 0 Å². The van der Waals surface area contributed by atoms with Crippen LogP contribution in [0.1, 0.15) is 22.8 Å². The van der Waals surface area contributed by atoms with Gasteiger partial charge in [-0.25, -0.2) is 14.4 Å². The average Bonchev–Trinajstić information content (AvgIpc) is 2.75. The molecular formula is C23H22ClFN4O2. The first-order valence-corrected chi connectivity index (χ1v) is 10.4. The molecule has 1 atom stereocenters. The molecule has 8 heteroatoms. The van der Waals surface area contributed by atoms with Crippen LogP contribution in [-0.4, -0.2) is 46.5 Å². The van der Waals surface area contributed by atoms with Crippen LogP contribution in [0, 0.1) is 12.7 Å². The number of benzene rings is 2. The van der Waals surface area contributed by atoms with Gasteiger partial charge in [-0.1, -0.05) is 17.7 Å². The molecular weight excluding hydrogens is 419 g/mol. The molecule has 0 radical (unpaired) electrons. The van der Waals surface area contributed by atoms with E-state index in [1.54, 1.807) is 43.3 Å². The Morgan fingerprint density at radius 3 is 2.74 bits per heavy atom. The fourth-order valence-electron chi connectivity index (χ4n) is 3.65. The van der Waals surface area contributed by atoms with Crippen LogP contribution in [0.3, 0.4) is 0 Å². The molecule has 1 fully saturated rings. The lowest BCUT2D eigenvalue weighted by molar-refractivity contribution is 0.0673. The Hall–Kier alpha value is -3.19. The number of halogens is 2. The third-order valence-corrected chi connectivity index (χ3v) is 5.50. The second kappa shape index (κ2) is 8.89. The number of ether oxygens (including phenoxy) is 1. The van der Waals surface area contributed by atoms with Crippen molar-refractivity contribution in [2.24, 2.45) is 0 Å². The van der Waals surface area contributed by atoms with Gasteiger partial charge in [0.1, 0.15) is 23.7 Å². The monoisotopic (exact) mass is 440 g/mol. The van der Waals surface area contributed by atoms with Gasteiger partial charge in [-0.15, -0.1) is 0 Å². The van der Waals surface area contributed by atoms with E-state index in [-0.39, 0.29) is 17.8 Å². The van der Waals surface area contributed by atoms with Crippen molar-refractivity contribution in [2.45, 2.75) is 19.9 Å². The largest absolute Gasteiger partial charge is 0.439 e. The zero-order chi connectivity index (χ0) is 22.0. The van der Waals surface area contributed by atoms with E-state index in [1.807, 2.05) is 11.8 Å². The van der Waals surface area contributed by atoms with Crippen LogP contribution >= 0.6 is 11.6 Å². The highest BCUT2D eigenvalue weighted by molar-refractivity contribution is 6.30. The number of anilines is 1. The van der Waals surface area contributed by atoms with Crippen molar-refractivity contribution in [1.29, 1.82) is 0 Å². The molecule has 1 amide bonds. The minimum absolute atomic E-state index is 0.0149. The number of amides is 1. The summed E-state index contributed by atoms with van der Waals surface area (Å²) in [7, 11) is 0. The number of rotatable bonds is 4. The van der Waals surface area contributed by atoms with Crippen LogP contribution in [-0.2, 0) is 0 Å². The van der Waals surface area contributed by atoms with Crippen LogP contribution < -0.4 is 9.64 Å². The maximum absolute atomic E-state index is 13.3. The summed E-state index contributed by atoms with van der Waals surface area (Å²) in [4.78, 5) is 25.4. The number of hydrogen-bond donors (Lipinski definition) is 0. The van der Waals surface area contributed by atoms with E-state index in [0.717, 1.165) is 0 Å². The first-order valence-electron chi connectivity index (χ1n) is 9.98. The molecule has 1 aliphatic heterocycles. The zero-order valence-corrected chi connectivity index (χ0v) is 18.0. The normalized spacial score (nSPS) is 16.3. The van der Waals surface area contributed by atoms with Gasteiger partial charge in [0.25, 0.3) is 5.91 Å². The van der Waals surface area contributed by atoms with Crippen molar-refractivity contribution < 1.29 is 13.9 Å². The number of aromatic nitrogens is 2. The van der Waals surface area contributed by atoms with E-state index in [9.17, 15) is 9.18 Å². The molecule has 2 aromatic carbocycles. The van der Waals surface area contributed by atoms with Crippen LogP contribution in [0.4, 0.5) is 10.2 Å². The van der Waals surface area contributed by atoms with E-state index in [2.05, 4.69) is 14.9 Å². The first-order chi connectivity index (χ1) is 14.9. The van der Waals surface area contributed by atoms with E-state index >= 15 is 0 Å². The molecule has 1 aromatic heterocycles. The zero-order valence-electron chi connectivity index (χ0n) is 17.3. The SMILES string of the molecule is Cc1cc(F)ccc1Oc1cc(N2CCN(C(=O)c3cccc(Cl)c3)C(C)C2)ncn1. The Morgan fingerprint density at radius 2 is 2.00 bits per heavy atom. The molecule has 1 aliphatic rings. The van der Waals surface area contributed by atoms with E-state index in [4.69, 9.17) is 16.3 Å². The van der Waals surface area contributed by atoms with Crippen molar-refractivity contribution in [3.05, 3.63) is 76.8 Å². The van der Waals surface area contributed by atoms with Gasteiger partial charge in [0, 0.05) is 42.3 Å². The van der Waals surface area contributed by atoms with Gasteiger partial charge in [0.2, 0.25) is 5.88 Å². The molecule has 6 nitrogen and oxygen atoms in total. The third-order valence-electron chi connectivity index (χ3n) is 5.26. The number of carbonyl (C=O) groups excluding carboxylic acids is 1. The van der Waals surface area contributed by atoms with E-state index < -0.39 is 0 Å². The molecule has 0 saturated carbocycles. The number of aryl methyl sites for hydroxylation is 1. The summed E-state index contributed by atoms with van der Waals surface area (Å²) in [5.41, 5.74) is 1.27. The number of piperazine rings is 1. The van der Waals surface area contributed by atoms with Gasteiger partial charge in [0.05, 0.1) is 0 Å². The number of hydrogen-bond acceptors (Lipinski definition) is 5. The average molecular weight is 441 g/mol. The Bertz CT molecular complexity index is 1110. The van der Waals surface area contributed by atoms with Crippen molar-refractivity contribution >= 4 is 23.3 Å². The molecule has 31 heavy (non-hydrogen) atoms. The Balaban J connectivity index is 1.45. The summed E-state index contributed by atoms with van der Waals surface area (Å²) in [6, 6.07) is 13.1. The second-order valence-corrected chi connectivity index (χ2v) is 7.97. The smallest absolute Gasteiger partial charge is 0.254 e. The van der Waals surface area contributed by atoms with Crippen LogP contribution in [0.2, 0.25) is 5.02 Å². The van der Waals surface area contributed by atoms with Gasteiger partial charge in [-0.05, 0) is 55.8 Å². The quantitative estimate of drug-likeness (QED) is 0.587. The third kappa shape index (κ3) is 4.77. The standard InChI is InChI=1S/C23H22ClFN4O2/c1-15-10-19(25)6-7-20(15)31-22-12-21(26-14-27-22)28-8-9-29(16(2)13-28)23(30)17-4-3-5-18(24)11-17/h3-7,10-12,14,16H,8-9,13H2,1-2H3. The molecule has 160 valence electrons. The lowest BCUT2D eigenvalue weighted by atomic mass is 10.1. The molecule has 3 aromatic rings. The molecule has 4 rings (SSSR count). The van der Waals surface area contributed by atoms with Crippen LogP contribution in [0.5, 0.6) is 11.6 Å². The van der Waals surface area contributed by atoms with Crippen molar-refractivity contribution in [1.82, 2.24) is 14.9 Å². The maximum Gasteiger partial charge on any atom is 0.254 e. The highest BCUT2D eigenvalue weighted by Gasteiger charge is 2.29. The Kier molecular flexibility index (Phi) is 6.04. The highest BCUT2D eigenvalue weighted by atomic mass is 35.5. The minimum atomic E-state index is -0.313. The summed E-state index contributed by atoms with van der Waals surface area (Å²) in [6.45, 7) is 5.60. The van der Waals surface area contributed by atoms with Crippen molar-refractivity contribution in [3.8, 4) is 11.6 Å². The fraction of sp³-hybridized carbons (Fsp3) is 0.261. The maximum atomic E-state index is 13.3. The summed E-state index contributed by atoms with van der Waals surface area (Å²) < 4.78 is 19.2. The number of nitrogens with zero attached hydrogens (tertiary/aromatic N) is 4. The topological polar surface area (TPSA) is 58.6 Å². The van der Waals surface area contributed by atoms with Gasteiger partial charge < -0.3 is 14.5 Å². The molecule has 0 bridgehead atoms. The summed E-state index contributed by atoms with van der Waals surface area (Å²) in [5.74, 6) is 1.29. The Morgan fingerprint density at radius 1 is 1.16 bits per heavy atom. The second-order valence-electron chi connectivity index (χ2n) is 7.53. The van der Waals surface area contributed by atoms with E-state index in [0.29, 0.717) is 53.2 Å². The predicted octanol–water partition coefficient (Wildman–Crippen LogP) is 4.72.